The molecule has 0 aromatic heterocycles. The topological polar surface area (TPSA) is 119 Å². The van der Waals surface area contributed by atoms with Gasteiger partial charge >= 0.3 is 5.97 Å². The van der Waals surface area contributed by atoms with Crippen molar-refractivity contribution in [3.63, 3.8) is 0 Å². The highest BCUT2D eigenvalue weighted by Crippen LogP contribution is 2.24. The van der Waals surface area contributed by atoms with Gasteiger partial charge in [-0.2, -0.15) is 0 Å². The number of anilines is 2. The summed E-state index contributed by atoms with van der Waals surface area (Å²) >= 11 is 0. The van der Waals surface area contributed by atoms with E-state index in [9.17, 15) is 13.2 Å². The number of sulfonamides is 1. The summed E-state index contributed by atoms with van der Waals surface area (Å²) in [4.78, 5) is 11.1. The number of hydrogen-bond donors (Lipinski definition) is 3. The van der Waals surface area contributed by atoms with Crippen LogP contribution in [-0.4, -0.2) is 31.9 Å². The minimum Gasteiger partial charge on any atom is -0.508 e. The van der Waals surface area contributed by atoms with Crippen molar-refractivity contribution >= 4 is 27.4 Å². The second-order valence-electron chi connectivity index (χ2n) is 3.75. The Morgan fingerprint density at radius 1 is 1.47 bits per heavy atom. The van der Waals surface area contributed by atoms with Crippen LogP contribution in [0, 0.1) is 0 Å². The Labute approximate surface area is 111 Å². The van der Waals surface area contributed by atoms with Crippen molar-refractivity contribution in [1.82, 2.24) is 0 Å². The Balaban J connectivity index is 2.66. The van der Waals surface area contributed by atoms with Crippen LogP contribution in [0.2, 0.25) is 0 Å². The van der Waals surface area contributed by atoms with Crippen LogP contribution in [0.1, 0.15) is 13.3 Å². The maximum absolute atomic E-state index is 11.7. The van der Waals surface area contributed by atoms with E-state index in [2.05, 4.69) is 9.46 Å². The quantitative estimate of drug-likeness (QED) is 0.402. The number of ether oxygens (including phenoxy) is 1. The second kappa shape index (κ2) is 6.28. The lowest BCUT2D eigenvalue weighted by Gasteiger charge is -2.10. The number of esters is 1. The van der Waals surface area contributed by atoms with Gasteiger partial charge in [-0.1, -0.05) is 0 Å². The summed E-state index contributed by atoms with van der Waals surface area (Å²) < 4.78 is 30.3. The molecule has 1 aromatic rings. The zero-order chi connectivity index (χ0) is 14.5. The summed E-state index contributed by atoms with van der Waals surface area (Å²) in [5.41, 5.74) is 5.80. The summed E-state index contributed by atoms with van der Waals surface area (Å²) in [5.74, 6) is -1.04. The number of phenolic OH excluding ortho intramolecular Hbond substituents is 1. The number of carbonyl (C=O) groups excluding carboxylic acids is 1. The third kappa shape index (κ3) is 5.04. The van der Waals surface area contributed by atoms with E-state index in [0.717, 1.165) is 0 Å². The normalized spacial score (nSPS) is 11.0. The molecule has 106 valence electrons. The maximum atomic E-state index is 11.7. The van der Waals surface area contributed by atoms with Gasteiger partial charge in [0.25, 0.3) is 0 Å². The van der Waals surface area contributed by atoms with Gasteiger partial charge in [-0.25, -0.2) is 8.42 Å². The van der Waals surface area contributed by atoms with E-state index >= 15 is 0 Å². The number of hydrogen-bond acceptors (Lipinski definition) is 6. The lowest BCUT2D eigenvalue weighted by atomic mass is 10.2. The third-order valence-electron chi connectivity index (χ3n) is 2.18. The largest absolute Gasteiger partial charge is 0.508 e. The molecule has 0 atom stereocenters. The van der Waals surface area contributed by atoms with E-state index in [0.29, 0.717) is 0 Å². The minimum atomic E-state index is -3.70. The molecule has 0 aliphatic carbocycles. The van der Waals surface area contributed by atoms with Crippen LogP contribution in [-0.2, 0) is 19.6 Å². The molecule has 19 heavy (non-hydrogen) atoms. The number of aromatic hydroxyl groups is 1. The molecule has 0 saturated carbocycles. The number of carbonyl (C=O) groups is 1. The van der Waals surface area contributed by atoms with Crippen LogP contribution >= 0.6 is 0 Å². The Morgan fingerprint density at radius 3 is 2.74 bits per heavy atom. The number of nitrogens with one attached hydrogen (secondary N) is 1. The lowest BCUT2D eigenvalue weighted by Crippen LogP contribution is -2.20. The highest BCUT2D eigenvalue weighted by atomic mass is 32.2. The van der Waals surface area contributed by atoms with Gasteiger partial charge in [-0.15, -0.1) is 0 Å². The SMILES string of the molecule is CCOC(=O)CCS(=O)(=O)Nc1ccc(O)cc1N. The highest BCUT2D eigenvalue weighted by molar-refractivity contribution is 7.92. The first-order valence-corrected chi connectivity index (χ1v) is 7.24. The fraction of sp³-hybridized carbons (Fsp3) is 0.364. The van der Waals surface area contributed by atoms with Crippen LogP contribution in [0.15, 0.2) is 18.2 Å². The minimum absolute atomic E-state index is 0.0630. The van der Waals surface area contributed by atoms with E-state index in [4.69, 9.17) is 10.8 Å². The van der Waals surface area contributed by atoms with Crippen molar-refractivity contribution in [2.45, 2.75) is 13.3 Å². The van der Waals surface area contributed by atoms with Crippen molar-refractivity contribution in [3.8, 4) is 5.75 Å². The van der Waals surface area contributed by atoms with Crippen molar-refractivity contribution in [2.24, 2.45) is 0 Å². The molecule has 0 fully saturated rings. The molecule has 0 spiro atoms. The molecule has 0 aliphatic rings. The first-order valence-electron chi connectivity index (χ1n) is 5.58. The summed E-state index contributed by atoms with van der Waals surface area (Å²) in [6, 6.07) is 3.87. The average Bonchev–Trinajstić information content (AvgIpc) is 2.31. The van der Waals surface area contributed by atoms with Crippen molar-refractivity contribution in [1.29, 1.82) is 0 Å². The van der Waals surface area contributed by atoms with Gasteiger partial charge in [0.1, 0.15) is 5.75 Å². The van der Waals surface area contributed by atoms with Crippen molar-refractivity contribution < 1.29 is 23.1 Å². The smallest absolute Gasteiger partial charge is 0.306 e. The zero-order valence-corrected chi connectivity index (χ0v) is 11.2. The van der Waals surface area contributed by atoms with Gasteiger partial charge in [0, 0.05) is 6.07 Å². The molecular weight excluding hydrogens is 272 g/mol. The Kier molecular flexibility index (Phi) is 4.99. The average molecular weight is 288 g/mol. The number of phenols is 1. The van der Waals surface area contributed by atoms with E-state index in [1.54, 1.807) is 6.92 Å². The summed E-state index contributed by atoms with van der Waals surface area (Å²) in [6.45, 7) is 1.85. The predicted octanol–water partition coefficient (Wildman–Crippen LogP) is 0.669. The Morgan fingerprint density at radius 2 is 2.16 bits per heavy atom. The number of benzene rings is 1. The Bertz CT molecular complexity index is 556. The number of nitrogen functional groups attached to an aromatic ring is 1. The van der Waals surface area contributed by atoms with Gasteiger partial charge in [-0.3, -0.25) is 9.52 Å². The molecule has 0 saturated heterocycles. The fourth-order valence-electron chi connectivity index (χ4n) is 1.31. The van der Waals surface area contributed by atoms with E-state index in [-0.39, 0.29) is 30.2 Å². The molecule has 7 nitrogen and oxygen atoms in total. The van der Waals surface area contributed by atoms with E-state index in [1.165, 1.54) is 18.2 Å². The van der Waals surface area contributed by atoms with Crippen LogP contribution < -0.4 is 10.5 Å². The number of rotatable bonds is 6. The van der Waals surface area contributed by atoms with Gasteiger partial charge in [0.2, 0.25) is 10.0 Å². The molecule has 0 amide bonds. The van der Waals surface area contributed by atoms with Gasteiger partial charge in [-0.05, 0) is 19.1 Å². The molecule has 0 heterocycles. The van der Waals surface area contributed by atoms with Crippen LogP contribution in [0.3, 0.4) is 0 Å². The summed E-state index contributed by atoms with van der Waals surface area (Å²) in [5, 5.41) is 9.15. The first-order chi connectivity index (χ1) is 8.84. The number of nitrogens with two attached hydrogens (primary N) is 1. The molecule has 0 aliphatic heterocycles. The zero-order valence-electron chi connectivity index (χ0n) is 10.4. The van der Waals surface area contributed by atoms with E-state index in [1.807, 2.05) is 0 Å². The maximum Gasteiger partial charge on any atom is 0.306 e. The van der Waals surface area contributed by atoms with Gasteiger partial charge in [0.15, 0.2) is 0 Å². The second-order valence-corrected chi connectivity index (χ2v) is 5.59. The Hall–Kier alpha value is -1.96. The summed E-state index contributed by atoms with van der Waals surface area (Å²) in [7, 11) is -3.70. The molecule has 0 unspecified atom stereocenters. The molecule has 0 radical (unpaired) electrons. The molecule has 1 rings (SSSR count). The molecule has 0 bridgehead atoms. The van der Waals surface area contributed by atoms with Gasteiger partial charge < -0.3 is 15.6 Å². The monoisotopic (exact) mass is 288 g/mol. The third-order valence-corrected chi connectivity index (χ3v) is 3.45. The summed E-state index contributed by atoms with van der Waals surface area (Å²) in [6.07, 6.45) is -0.235. The molecule has 8 heteroatoms. The van der Waals surface area contributed by atoms with Crippen molar-refractivity contribution in [2.75, 3.05) is 22.8 Å². The highest BCUT2D eigenvalue weighted by Gasteiger charge is 2.15. The first kappa shape index (κ1) is 15.1. The lowest BCUT2D eigenvalue weighted by molar-refractivity contribution is -0.142. The van der Waals surface area contributed by atoms with E-state index < -0.39 is 21.7 Å². The predicted molar refractivity (Wildman–Crippen MR) is 71.2 cm³/mol. The van der Waals surface area contributed by atoms with Crippen LogP contribution in [0.5, 0.6) is 5.75 Å². The van der Waals surface area contributed by atoms with Gasteiger partial charge in [0.05, 0.1) is 30.2 Å². The fourth-order valence-corrected chi connectivity index (χ4v) is 2.37. The standard InChI is InChI=1S/C11H16N2O5S/c1-2-18-11(15)5-6-19(16,17)13-10-4-3-8(14)7-9(10)12/h3-4,7,13-14H,2,5-6,12H2,1H3. The van der Waals surface area contributed by atoms with Crippen LogP contribution in [0.25, 0.3) is 0 Å². The molecular formula is C11H16N2O5S. The van der Waals surface area contributed by atoms with Crippen LogP contribution in [0.4, 0.5) is 11.4 Å². The molecule has 1 aromatic carbocycles. The molecule has 4 N–H and O–H groups in total. The van der Waals surface area contributed by atoms with Crippen molar-refractivity contribution in [3.05, 3.63) is 18.2 Å².